The van der Waals surface area contributed by atoms with Gasteiger partial charge in [0, 0.05) is 19.3 Å². The van der Waals surface area contributed by atoms with Crippen LogP contribution in [0.4, 0.5) is 0 Å². The average Bonchev–Trinajstić information content (AvgIpc) is 2.18. The zero-order valence-corrected chi connectivity index (χ0v) is 8.26. The lowest BCUT2D eigenvalue weighted by Crippen LogP contribution is -2.28. The fraction of sp³-hybridized carbons (Fsp3) is 0.400. The first-order valence-electron chi connectivity index (χ1n) is 4.69. The lowest BCUT2D eigenvalue weighted by Gasteiger charge is -2.08. The summed E-state index contributed by atoms with van der Waals surface area (Å²) in [6, 6.07) is 5.55. The molecule has 0 aromatic carbocycles. The maximum atomic E-state index is 10.2. The molecule has 0 aliphatic heterocycles. The Kier molecular flexibility index (Phi) is 4.73. The maximum Gasteiger partial charge on any atom is 0.306 e. The number of aliphatic hydroxyl groups excluding tert-OH is 1. The average molecular weight is 210 g/mol. The topological polar surface area (TPSA) is 82.5 Å². The van der Waals surface area contributed by atoms with Crippen LogP contribution in [0.2, 0.25) is 0 Å². The van der Waals surface area contributed by atoms with Crippen molar-refractivity contribution in [2.24, 2.45) is 0 Å². The Hall–Kier alpha value is -1.46. The van der Waals surface area contributed by atoms with Gasteiger partial charge in [0.2, 0.25) is 0 Å². The minimum atomic E-state index is -0.998. The molecule has 1 aromatic rings. The van der Waals surface area contributed by atoms with E-state index in [1.807, 2.05) is 18.2 Å². The zero-order chi connectivity index (χ0) is 11.1. The number of aliphatic carboxylic acids is 1. The van der Waals surface area contributed by atoms with Crippen LogP contribution in [0, 0.1) is 0 Å². The van der Waals surface area contributed by atoms with E-state index in [4.69, 9.17) is 5.11 Å². The summed E-state index contributed by atoms with van der Waals surface area (Å²) < 4.78 is 0. The van der Waals surface area contributed by atoms with E-state index < -0.39 is 12.1 Å². The Balaban J connectivity index is 2.19. The van der Waals surface area contributed by atoms with Crippen molar-refractivity contribution in [2.75, 3.05) is 6.54 Å². The Bertz CT molecular complexity index is 303. The zero-order valence-electron chi connectivity index (χ0n) is 8.26. The molecule has 0 saturated heterocycles. The molecule has 82 valence electrons. The molecule has 1 rings (SSSR count). The molecule has 0 radical (unpaired) electrons. The maximum absolute atomic E-state index is 10.2. The Morgan fingerprint density at radius 1 is 1.53 bits per heavy atom. The number of aliphatic hydroxyl groups is 1. The summed E-state index contributed by atoms with van der Waals surface area (Å²) in [5.41, 5.74) is 0.861. The third-order valence-corrected chi connectivity index (χ3v) is 1.82. The standard InChI is InChI=1S/C10H14N2O3/c13-9(5-10(14)15)7-11-6-8-3-1-2-4-12-8/h1-4,9,11,13H,5-7H2,(H,14,15). The lowest BCUT2D eigenvalue weighted by molar-refractivity contribution is -0.139. The van der Waals surface area contributed by atoms with E-state index in [0.717, 1.165) is 5.69 Å². The predicted molar refractivity (Wildman–Crippen MR) is 54.2 cm³/mol. The van der Waals surface area contributed by atoms with Crippen molar-refractivity contribution in [3.63, 3.8) is 0 Å². The Labute approximate surface area is 87.8 Å². The molecule has 0 bridgehead atoms. The van der Waals surface area contributed by atoms with Gasteiger partial charge in [0.05, 0.1) is 18.2 Å². The van der Waals surface area contributed by atoms with Crippen LogP contribution in [-0.2, 0) is 11.3 Å². The van der Waals surface area contributed by atoms with Crippen LogP contribution in [0.1, 0.15) is 12.1 Å². The number of hydrogen-bond acceptors (Lipinski definition) is 4. The van der Waals surface area contributed by atoms with E-state index in [2.05, 4.69) is 10.3 Å². The quantitative estimate of drug-likeness (QED) is 0.616. The van der Waals surface area contributed by atoms with Crippen LogP contribution >= 0.6 is 0 Å². The summed E-state index contributed by atoms with van der Waals surface area (Å²) in [6.07, 6.45) is 0.589. The molecule has 0 saturated carbocycles. The van der Waals surface area contributed by atoms with Gasteiger partial charge < -0.3 is 15.5 Å². The molecule has 0 aliphatic carbocycles. The number of nitrogens with zero attached hydrogens (tertiary/aromatic N) is 1. The molecule has 0 fully saturated rings. The molecule has 5 heteroatoms. The summed E-state index contributed by atoms with van der Waals surface area (Å²) in [4.78, 5) is 14.3. The van der Waals surface area contributed by atoms with E-state index in [0.29, 0.717) is 6.54 Å². The van der Waals surface area contributed by atoms with Crippen LogP contribution in [0.25, 0.3) is 0 Å². The first-order valence-corrected chi connectivity index (χ1v) is 4.69. The van der Waals surface area contributed by atoms with Gasteiger partial charge in [0.1, 0.15) is 0 Å². The number of carbonyl (C=O) groups is 1. The first-order chi connectivity index (χ1) is 7.18. The van der Waals surface area contributed by atoms with Crippen LogP contribution < -0.4 is 5.32 Å². The molecular formula is C10H14N2O3. The number of pyridine rings is 1. The van der Waals surface area contributed by atoms with Gasteiger partial charge in [-0.05, 0) is 12.1 Å². The monoisotopic (exact) mass is 210 g/mol. The number of rotatable bonds is 6. The lowest BCUT2D eigenvalue weighted by atomic mass is 10.2. The molecule has 15 heavy (non-hydrogen) atoms. The van der Waals surface area contributed by atoms with Crippen molar-refractivity contribution >= 4 is 5.97 Å². The van der Waals surface area contributed by atoms with E-state index in [1.54, 1.807) is 6.20 Å². The van der Waals surface area contributed by atoms with Crippen LogP contribution in [0.5, 0.6) is 0 Å². The van der Waals surface area contributed by atoms with Crippen molar-refractivity contribution in [1.29, 1.82) is 0 Å². The summed E-state index contributed by atoms with van der Waals surface area (Å²) in [5, 5.41) is 20.6. The third kappa shape index (κ3) is 5.09. The first kappa shape index (κ1) is 11.6. The fourth-order valence-corrected chi connectivity index (χ4v) is 1.14. The van der Waals surface area contributed by atoms with E-state index in [-0.39, 0.29) is 13.0 Å². The summed E-state index contributed by atoms with van der Waals surface area (Å²) >= 11 is 0. The van der Waals surface area contributed by atoms with Gasteiger partial charge in [-0.3, -0.25) is 9.78 Å². The number of aromatic nitrogens is 1. The molecule has 1 unspecified atom stereocenters. The Morgan fingerprint density at radius 2 is 2.33 bits per heavy atom. The normalized spacial score (nSPS) is 12.3. The van der Waals surface area contributed by atoms with Gasteiger partial charge in [-0.25, -0.2) is 0 Å². The van der Waals surface area contributed by atoms with Gasteiger partial charge in [-0.15, -0.1) is 0 Å². The van der Waals surface area contributed by atoms with Crippen molar-refractivity contribution < 1.29 is 15.0 Å². The number of hydrogen-bond donors (Lipinski definition) is 3. The van der Waals surface area contributed by atoms with Crippen molar-refractivity contribution in [3.8, 4) is 0 Å². The van der Waals surface area contributed by atoms with Crippen molar-refractivity contribution in [3.05, 3.63) is 30.1 Å². The molecule has 1 aromatic heterocycles. The predicted octanol–water partition coefficient (Wildman–Crippen LogP) is 0.00680. The fourth-order valence-electron chi connectivity index (χ4n) is 1.14. The van der Waals surface area contributed by atoms with Crippen LogP contribution in [0.15, 0.2) is 24.4 Å². The van der Waals surface area contributed by atoms with Crippen molar-refractivity contribution in [1.82, 2.24) is 10.3 Å². The molecule has 0 aliphatic rings. The highest BCUT2D eigenvalue weighted by molar-refractivity contribution is 5.67. The second kappa shape index (κ2) is 6.10. The van der Waals surface area contributed by atoms with E-state index >= 15 is 0 Å². The molecule has 1 atom stereocenters. The molecule has 0 amide bonds. The molecule has 1 heterocycles. The highest BCUT2D eigenvalue weighted by atomic mass is 16.4. The minimum absolute atomic E-state index is 0.241. The second-order valence-electron chi connectivity index (χ2n) is 3.20. The van der Waals surface area contributed by atoms with Gasteiger partial charge in [0.15, 0.2) is 0 Å². The Morgan fingerprint density at radius 3 is 2.93 bits per heavy atom. The smallest absolute Gasteiger partial charge is 0.306 e. The number of carboxylic acids is 1. The summed E-state index contributed by atoms with van der Waals surface area (Å²) in [5.74, 6) is -0.998. The van der Waals surface area contributed by atoms with E-state index in [1.165, 1.54) is 0 Å². The van der Waals surface area contributed by atoms with Crippen LogP contribution in [0.3, 0.4) is 0 Å². The van der Waals surface area contributed by atoms with Gasteiger partial charge >= 0.3 is 5.97 Å². The van der Waals surface area contributed by atoms with Crippen LogP contribution in [-0.4, -0.2) is 33.8 Å². The molecule has 3 N–H and O–H groups in total. The second-order valence-corrected chi connectivity index (χ2v) is 3.20. The third-order valence-electron chi connectivity index (χ3n) is 1.82. The highest BCUT2D eigenvalue weighted by Crippen LogP contribution is 1.93. The number of nitrogens with one attached hydrogen (secondary N) is 1. The van der Waals surface area contributed by atoms with Gasteiger partial charge in [0.25, 0.3) is 0 Å². The summed E-state index contributed by atoms with van der Waals surface area (Å²) in [6.45, 7) is 0.778. The SMILES string of the molecule is O=C(O)CC(O)CNCc1ccccn1. The molecular weight excluding hydrogens is 196 g/mol. The molecule has 5 nitrogen and oxygen atoms in total. The van der Waals surface area contributed by atoms with Crippen molar-refractivity contribution in [2.45, 2.75) is 19.1 Å². The highest BCUT2D eigenvalue weighted by Gasteiger charge is 2.08. The molecule has 0 spiro atoms. The number of carboxylic acid groups (broad SMARTS) is 1. The summed E-state index contributed by atoms with van der Waals surface area (Å²) in [7, 11) is 0. The van der Waals surface area contributed by atoms with E-state index in [9.17, 15) is 9.90 Å². The van der Waals surface area contributed by atoms with Gasteiger partial charge in [-0.1, -0.05) is 6.07 Å². The van der Waals surface area contributed by atoms with Gasteiger partial charge in [-0.2, -0.15) is 0 Å². The largest absolute Gasteiger partial charge is 0.481 e. The minimum Gasteiger partial charge on any atom is -0.481 e.